The topological polar surface area (TPSA) is 43.1 Å². The number of benzene rings is 1. The number of ketones is 1. The van der Waals surface area contributed by atoms with Gasteiger partial charge in [0.2, 0.25) is 0 Å². The van der Waals surface area contributed by atoms with Crippen LogP contribution < -0.4 is 5.73 Å². The molecule has 0 radical (unpaired) electrons. The van der Waals surface area contributed by atoms with Crippen molar-refractivity contribution in [3.8, 4) is 0 Å². The summed E-state index contributed by atoms with van der Waals surface area (Å²) in [5.74, 6) is 0.245. The van der Waals surface area contributed by atoms with Crippen LogP contribution in [-0.4, -0.2) is 11.3 Å². The SMILES string of the molecule is CCC(C)C(=O)C(C)(C)N.CCCCC.Cc1cccc(C)c1. The van der Waals surface area contributed by atoms with Crippen LogP contribution in [0, 0.1) is 19.8 Å². The summed E-state index contributed by atoms with van der Waals surface area (Å²) >= 11 is 0. The van der Waals surface area contributed by atoms with Gasteiger partial charge in [0.05, 0.1) is 5.54 Å². The molecule has 1 atom stereocenters. The van der Waals surface area contributed by atoms with Crippen molar-refractivity contribution >= 4 is 5.78 Å². The second kappa shape index (κ2) is 13.3. The zero-order valence-electron chi connectivity index (χ0n) is 16.7. The third-order valence-electron chi connectivity index (χ3n) is 3.58. The minimum Gasteiger partial charge on any atom is -0.319 e. The molecule has 1 rings (SSSR count). The highest BCUT2D eigenvalue weighted by molar-refractivity contribution is 5.89. The third-order valence-corrected chi connectivity index (χ3v) is 3.58. The molecule has 134 valence electrons. The van der Waals surface area contributed by atoms with Crippen molar-refractivity contribution in [2.45, 2.75) is 86.6 Å². The molecule has 1 aromatic rings. The Morgan fingerprint density at radius 3 is 1.65 bits per heavy atom. The zero-order chi connectivity index (χ0) is 18.5. The van der Waals surface area contributed by atoms with E-state index in [1.807, 2.05) is 13.8 Å². The van der Waals surface area contributed by atoms with Gasteiger partial charge in [0.1, 0.15) is 0 Å². The van der Waals surface area contributed by atoms with Crippen LogP contribution in [0.15, 0.2) is 24.3 Å². The number of nitrogens with two attached hydrogens (primary N) is 1. The first-order valence-corrected chi connectivity index (χ1v) is 8.96. The van der Waals surface area contributed by atoms with Crippen molar-refractivity contribution in [3.05, 3.63) is 35.4 Å². The summed E-state index contributed by atoms with van der Waals surface area (Å²) in [6.45, 7) is 16.0. The average Bonchev–Trinajstić information content (AvgIpc) is 2.46. The lowest BCUT2D eigenvalue weighted by atomic mass is 9.89. The first kappa shape index (κ1) is 24.1. The van der Waals surface area contributed by atoms with Crippen molar-refractivity contribution in [2.75, 3.05) is 0 Å². The van der Waals surface area contributed by atoms with Crippen molar-refractivity contribution in [1.82, 2.24) is 0 Å². The Hall–Kier alpha value is -1.15. The van der Waals surface area contributed by atoms with Gasteiger partial charge < -0.3 is 5.73 Å². The third kappa shape index (κ3) is 14.2. The van der Waals surface area contributed by atoms with Gasteiger partial charge in [-0.25, -0.2) is 0 Å². The van der Waals surface area contributed by atoms with Gasteiger partial charge in [0.15, 0.2) is 5.78 Å². The molecule has 23 heavy (non-hydrogen) atoms. The van der Waals surface area contributed by atoms with Gasteiger partial charge in [-0.1, -0.05) is 82.3 Å². The van der Waals surface area contributed by atoms with Gasteiger partial charge in [-0.05, 0) is 34.1 Å². The molecule has 0 saturated carbocycles. The molecule has 0 saturated heterocycles. The van der Waals surface area contributed by atoms with Crippen molar-refractivity contribution < 1.29 is 4.79 Å². The highest BCUT2D eigenvalue weighted by Crippen LogP contribution is 2.11. The molecule has 0 aliphatic carbocycles. The number of hydrogen-bond donors (Lipinski definition) is 1. The molecule has 0 aromatic heterocycles. The molecule has 0 bridgehead atoms. The zero-order valence-corrected chi connectivity index (χ0v) is 16.7. The summed E-state index contributed by atoms with van der Waals surface area (Å²) < 4.78 is 0. The maximum Gasteiger partial charge on any atom is 0.154 e. The van der Waals surface area contributed by atoms with E-state index < -0.39 is 5.54 Å². The van der Waals surface area contributed by atoms with Gasteiger partial charge in [-0.2, -0.15) is 0 Å². The second-order valence-corrected chi connectivity index (χ2v) is 6.91. The number of carbonyl (C=O) groups excluding carboxylic acids is 1. The predicted molar refractivity (Wildman–Crippen MR) is 104 cm³/mol. The van der Waals surface area contributed by atoms with Gasteiger partial charge in [0.25, 0.3) is 0 Å². The van der Waals surface area contributed by atoms with Crippen LogP contribution in [0.2, 0.25) is 0 Å². The Balaban J connectivity index is 0. The van der Waals surface area contributed by atoms with Crippen molar-refractivity contribution in [3.63, 3.8) is 0 Å². The molecule has 2 nitrogen and oxygen atoms in total. The maximum absolute atomic E-state index is 11.3. The van der Waals surface area contributed by atoms with Crippen LogP contribution in [0.25, 0.3) is 0 Å². The Bertz CT molecular complexity index is 399. The molecule has 2 N–H and O–H groups in total. The van der Waals surface area contributed by atoms with Gasteiger partial charge in [0, 0.05) is 5.92 Å². The summed E-state index contributed by atoms with van der Waals surface area (Å²) in [6, 6.07) is 8.45. The van der Waals surface area contributed by atoms with E-state index in [1.165, 1.54) is 30.4 Å². The molecular formula is C21H39NO. The van der Waals surface area contributed by atoms with Crippen LogP contribution in [0.3, 0.4) is 0 Å². The Morgan fingerprint density at radius 1 is 1.09 bits per heavy atom. The lowest BCUT2D eigenvalue weighted by Gasteiger charge is -2.20. The lowest BCUT2D eigenvalue weighted by molar-refractivity contribution is -0.126. The molecule has 0 spiro atoms. The molecule has 0 heterocycles. The Morgan fingerprint density at radius 2 is 1.52 bits per heavy atom. The van der Waals surface area contributed by atoms with E-state index in [1.54, 1.807) is 13.8 Å². The quantitative estimate of drug-likeness (QED) is 0.740. The Kier molecular flexibility index (Phi) is 13.9. The van der Waals surface area contributed by atoms with E-state index in [2.05, 4.69) is 52.0 Å². The lowest BCUT2D eigenvalue weighted by Crippen LogP contribution is -2.44. The van der Waals surface area contributed by atoms with Crippen LogP contribution in [0.4, 0.5) is 0 Å². The molecular weight excluding hydrogens is 282 g/mol. The average molecular weight is 322 g/mol. The van der Waals surface area contributed by atoms with E-state index in [0.717, 1.165) is 6.42 Å². The normalized spacial score (nSPS) is 11.5. The molecule has 2 heteroatoms. The second-order valence-electron chi connectivity index (χ2n) is 6.91. The summed E-state index contributed by atoms with van der Waals surface area (Å²) in [5, 5.41) is 0. The fourth-order valence-corrected chi connectivity index (χ4v) is 1.98. The van der Waals surface area contributed by atoms with E-state index in [4.69, 9.17) is 5.73 Å². The smallest absolute Gasteiger partial charge is 0.154 e. The summed E-state index contributed by atoms with van der Waals surface area (Å²) in [5.41, 5.74) is 7.62. The standard InChI is InChI=1S/C8H17NO.C8H10.C5H12/c1-5-6(2)7(10)8(3,4)9;1-7-4-3-5-8(2)6-7;1-3-5-4-2/h6H,5,9H2,1-4H3;3-6H,1-2H3;3-5H2,1-2H3. The number of Topliss-reactive ketones (excluding diaryl/α,β-unsaturated/α-hetero) is 1. The van der Waals surface area contributed by atoms with E-state index in [0.29, 0.717) is 0 Å². The van der Waals surface area contributed by atoms with Crippen LogP contribution >= 0.6 is 0 Å². The molecule has 0 amide bonds. The molecule has 0 aliphatic heterocycles. The van der Waals surface area contributed by atoms with Gasteiger partial charge in [-0.15, -0.1) is 0 Å². The monoisotopic (exact) mass is 321 g/mol. The van der Waals surface area contributed by atoms with Crippen LogP contribution in [0.5, 0.6) is 0 Å². The molecule has 0 fully saturated rings. The number of rotatable bonds is 5. The Labute approximate surface area is 144 Å². The van der Waals surface area contributed by atoms with E-state index in [9.17, 15) is 4.79 Å². The first-order chi connectivity index (χ1) is 10.6. The van der Waals surface area contributed by atoms with Crippen molar-refractivity contribution in [2.24, 2.45) is 11.7 Å². The predicted octanol–water partition coefficient (Wildman–Crippen LogP) is 5.84. The van der Waals surface area contributed by atoms with Crippen molar-refractivity contribution in [1.29, 1.82) is 0 Å². The summed E-state index contributed by atoms with van der Waals surface area (Å²) in [7, 11) is 0. The number of unbranched alkanes of at least 4 members (excludes halogenated alkanes) is 2. The van der Waals surface area contributed by atoms with Gasteiger partial charge >= 0.3 is 0 Å². The molecule has 1 unspecified atom stereocenters. The van der Waals surface area contributed by atoms with E-state index >= 15 is 0 Å². The highest BCUT2D eigenvalue weighted by atomic mass is 16.1. The minimum atomic E-state index is -0.657. The fraction of sp³-hybridized carbons (Fsp3) is 0.667. The molecule has 0 aliphatic rings. The first-order valence-electron chi connectivity index (χ1n) is 8.96. The largest absolute Gasteiger partial charge is 0.319 e. The highest BCUT2D eigenvalue weighted by Gasteiger charge is 2.25. The maximum atomic E-state index is 11.3. The van der Waals surface area contributed by atoms with Crippen LogP contribution in [-0.2, 0) is 4.79 Å². The molecule has 1 aromatic carbocycles. The number of carbonyl (C=O) groups is 1. The van der Waals surface area contributed by atoms with Crippen LogP contribution in [0.1, 0.15) is 78.4 Å². The number of hydrogen-bond acceptors (Lipinski definition) is 2. The summed E-state index contributed by atoms with van der Waals surface area (Å²) in [4.78, 5) is 11.3. The number of aryl methyl sites for hydroxylation is 2. The fourth-order valence-electron chi connectivity index (χ4n) is 1.98. The van der Waals surface area contributed by atoms with Gasteiger partial charge in [-0.3, -0.25) is 4.79 Å². The minimum absolute atomic E-state index is 0.0972. The summed E-state index contributed by atoms with van der Waals surface area (Å²) in [6.07, 6.45) is 4.95. The van der Waals surface area contributed by atoms with E-state index in [-0.39, 0.29) is 11.7 Å².